The first kappa shape index (κ1) is 12.9. The molecule has 0 unspecified atom stereocenters. The number of anilines is 1. The Morgan fingerprint density at radius 3 is 2.88 bits per heavy atom. The molecule has 0 aliphatic carbocycles. The van der Waals surface area contributed by atoms with Gasteiger partial charge >= 0.3 is 0 Å². The molecule has 4 nitrogen and oxygen atoms in total. The predicted molar refractivity (Wildman–Crippen MR) is 62.1 cm³/mol. The minimum Gasteiger partial charge on any atom is -0.378 e. The van der Waals surface area contributed by atoms with Gasteiger partial charge in [0.25, 0.3) is 0 Å². The molecule has 90 valence electrons. The molecule has 0 amide bonds. The Bertz CT molecular complexity index is 307. The lowest BCUT2D eigenvalue weighted by molar-refractivity contribution is 0.126. The van der Waals surface area contributed by atoms with Crippen molar-refractivity contribution in [2.75, 3.05) is 45.7 Å². The van der Waals surface area contributed by atoms with Gasteiger partial charge < -0.3 is 15.0 Å². The van der Waals surface area contributed by atoms with Gasteiger partial charge in [0.2, 0.25) is 5.95 Å². The number of aromatic nitrogens is 1. The second-order valence-electron chi connectivity index (χ2n) is 3.69. The summed E-state index contributed by atoms with van der Waals surface area (Å²) in [7, 11) is 4.00. The number of rotatable bonds is 7. The standard InChI is InChI=1S/C11H18FN3O/c1-15(2)7-9-16-8-6-13-11-5-3-4-10(12)14-11/h3-5H,6-9H2,1-2H3,(H,13,14). The van der Waals surface area contributed by atoms with Crippen LogP contribution in [0.2, 0.25) is 0 Å². The molecule has 0 saturated carbocycles. The summed E-state index contributed by atoms with van der Waals surface area (Å²) in [4.78, 5) is 5.73. The van der Waals surface area contributed by atoms with Crippen LogP contribution in [0.15, 0.2) is 18.2 Å². The second-order valence-corrected chi connectivity index (χ2v) is 3.69. The summed E-state index contributed by atoms with van der Waals surface area (Å²) in [5.74, 6) is 0.0646. The van der Waals surface area contributed by atoms with Crippen molar-refractivity contribution in [2.45, 2.75) is 0 Å². The molecule has 5 heteroatoms. The maximum Gasteiger partial charge on any atom is 0.214 e. The SMILES string of the molecule is CN(C)CCOCCNc1cccc(F)n1. The van der Waals surface area contributed by atoms with Crippen LogP contribution in [0, 0.1) is 5.95 Å². The lowest BCUT2D eigenvalue weighted by atomic mass is 10.4. The van der Waals surface area contributed by atoms with Crippen LogP contribution < -0.4 is 5.32 Å². The zero-order valence-electron chi connectivity index (χ0n) is 9.74. The first-order valence-electron chi connectivity index (χ1n) is 5.27. The summed E-state index contributed by atoms with van der Waals surface area (Å²) in [5.41, 5.74) is 0. The zero-order valence-corrected chi connectivity index (χ0v) is 9.74. The van der Waals surface area contributed by atoms with Crippen LogP contribution in [0.1, 0.15) is 0 Å². The second kappa shape index (κ2) is 7.14. The van der Waals surface area contributed by atoms with E-state index in [0.29, 0.717) is 25.6 Å². The highest BCUT2D eigenvalue weighted by molar-refractivity contribution is 5.33. The van der Waals surface area contributed by atoms with Crippen LogP contribution in [-0.2, 0) is 4.74 Å². The topological polar surface area (TPSA) is 37.4 Å². The lowest BCUT2D eigenvalue weighted by Crippen LogP contribution is -2.20. The van der Waals surface area contributed by atoms with Crippen LogP contribution in [0.25, 0.3) is 0 Å². The molecule has 0 fully saturated rings. The van der Waals surface area contributed by atoms with E-state index in [1.807, 2.05) is 14.1 Å². The van der Waals surface area contributed by atoms with Gasteiger partial charge in [-0.05, 0) is 26.2 Å². The molecular formula is C11H18FN3O. The number of likely N-dealkylation sites (N-methyl/N-ethyl adjacent to an activating group) is 1. The Morgan fingerprint density at radius 1 is 1.38 bits per heavy atom. The molecular weight excluding hydrogens is 209 g/mol. The molecule has 0 aliphatic heterocycles. The van der Waals surface area contributed by atoms with Gasteiger partial charge in [0.15, 0.2) is 0 Å². The Balaban J connectivity index is 2.07. The smallest absolute Gasteiger partial charge is 0.214 e. The van der Waals surface area contributed by atoms with Crippen molar-refractivity contribution in [1.82, 2.24) is 9.88 Å². The minimum absolute atomic E-state index is 0.474. The summed E-state index contributed by atoms with van der Waals surface area (Å²) in [5, 5.41) is 2.98. The van der Waals surface area contributed by atoms with Gasteiger partial charge in [-0.2, -0.15) is 4.39 Å². The number of pyridine rings is 1. The van der Waals surface area contributed by atoms with Gasteiger partial charge in [0.05, 0.1) is 13.2 Å². The molecule has 0 radical (unpaired) electrons. The van der Waals surface area contributed by atoms with Crippen LogP contribution in [0.4, 0.5) is 10.2 Å². The third kappa shape index (κ3) is 5.63. The van der Waals surface area contributed by atoms with E-state index in [1.54, 1.807) is 12.1 Å². The number of hydrogen-bond acceptors (Lipinski definition) is 4. The number of hydrogen-bond donors (Lipinski definition) is 1. The van der Waals surface area contributed by atoms with Crippen molar-refractivity contribution in [3.8, 4) is 0 Å². The Labute approximate surface area is 95.4 Å². The monoisotopic (exact) mass is 227 g/mol. The summed E-state index contributed by atoms with van der Waals surface area (Å²) in [6.07, 6.45) is 0. The summed E-state index contributed by atoms with van der Waals surface area (Å²) >= 11 is 0. The molecule has 1 aromatic heterocycles. The molecule has 1 heterocycles. The molecule has 0 spiro atoms. The Hall–Kier alpha value is -1.20. The van der Waals surface area contributed by atoms with E-state index in [2.05, 4.69) is 15.2 Å². The molecule has 1 N–H and O–H groups in total. The average Bonchev–Trinajstić information content (AvgIpc) is 2.23. The van der Waals surface area contributed by atoms with Crippen molar-refractivity contribution in [1.29, 1.82) is 0 Å². The van der Waals surface area contributed by atoms with E-state index in [9.17, 15) is 4.39 Å². The first-order chi connectivity index (χ1) is 7.68. The molecule has 0 bridgehead atoms. The largest absolute Gasteiger partial charge is 0.378 e. The maximum atomic E-state index is 12.7. The van der Waals surface area contributed by atoms with Gasteiger partial charge in [-0.25, -0.2) is 4.98 Å². The van der Waals surface area contributed by atoms with Crippen molar-refractivity contribution >= 4 is 5.82 Å². The van der Waals surface area contributed by atoms with Crippen LogP contribution in [0.5, 0.6) is 0 Å². The summed E-state index contributed by atoms with van der Waals surface area (Å²) in [6.45, 7) is 2.82. The Morgan fingerprint density at radius 2 is 2.19 bits per heavy atom. The molecule has 0 saturated heterocycles. The minimum atomic E-state index is -0.474. The van der Waals surface area contributed by atoms with Crippen LogP contribution >= 0.6 is 0 Å². The van der Waals surface area contributed by atoms with Crippen LogP contribution in [0.3, 0.4) is 0 Å². The van der Waals surface area contributed by atoms with Gasteiger partial charge in [-0.3, -0.25) is 0 Å². The van der Waals surface area contributed by atoms with E-state index in [4.69, 9.17) is 4.74 Å². The van der Waals surface area contributed by atoms with E-state index in [-0.39, 0.29) is 0 Å². The highest BCUT2D eigenvalue weighted by Gasteiger charge is 1.95. The zero-order chi connectivity index (χ0) is 11.8. The summed E-state index contributed by atoms with van der Waals surface area (Å²) < 4.78 is 18.1. The van der Waals surface area contributed by atoms with Crippen molar-refractivity contribution in [3.63, 3.8) is 0 Å². The number of halogens is 1. The van der Waals surface area contributed by atoms with E-state index in [1.165, 1.54) is 6.07 Å². The third-order valence-corrected chi connectivity index (χ3v) is 1.95. The molecule has 16 heavy (non-hydrogen) atoms. The van der Waals surface area contributed by atoms with E-state index in [0.717, 1.165) is 6.54 Å². The average molecular weight is 227 g/mol. The Kier molecular flexibility index (Phi) is 5.74. The highest BCUT2D eigenvalue weighted by atomic mass is 19.1. The molecule has 0 atom stereocenters. The van der Waals surface area contributed by atoms with Gasteiger partial charge in [-0.15, -0.1) is 0 Å². The van der Waals surface area contributed by atoms with Gasteiger partial charge in [0.1, 0.15) is 5.82 Å². The fourth-order valence-corrected chi connectivity index (χ4v) is 1.11. The van der Waals surface area contributed by atoms with E-state index < -0.39 is 5.95 Å². The molecule has 0 aliphatic rings. The normalized spacial score (nSPS) is 10.8. The first-order valence-corrected chi connectivity index (χ1v) is 5.27. The van der Waals surface area contributed by atoms with Gasteiger partial charge in [0, 0.05) is 13.1 Å². The van der Waals surface area contributed by atoms with Crippen molar-refractivity contribution in [2.24, 2.45) is 0 Å². The lowest BCUT2D eigenvalue weighted by Gasteiger charge is -2.10. The maximum absolute atomic E-state index is 12.7. The number of nitrogens with one attached hydrogen (secondary N) is 1. The quantitative estimate of drug-likeness (QED) is 0.561. The van der Waals surface area contributed by atoms with Gasteiger partial charge in [-0.1, -0.05) is 6.07 Å². The highest BCUT2D eigenvalue weighted by Crippen LogP contribution is 2.02. The molecule has 1 rings (SSSR count). The number of nitrogens with zero attached hydrogens (tertiary/aromatic N) is 2. The molecule has 0 aromatic carbocycles. The number of ether oxygens (including phenoxy) is 1. The summed E-state index contributed by atoms with van der Waals surface area (Å²) in [6, 6.07) is 4.67. The van der Waals surface area contributed by atoms with Crippen LogP contribution in [-0.4, -0.2) is 50.3 Å². The fourth-order valence-electron chi connectivity index (χ4n) is 1.11. The third-order valence-electron chi connectivity index (χ3n) is 1.95. The van der Waals surface area contributed by atoms with E-state index >= 15 is 0 Å². The van der Waals surface area contributed by atoms with Crippen molar-refractivity contribution < 1.29 is 9.13 Å². The fraction of sp³-hybridized carbons (Fsp3) is 0.545. The predicted octanol–water partition coefficient (Wildman–Crippen LogP) is 1.21. The van der Waals surface area contributed by atoms with Crippen molar-refractivity contribution in [3.05, 3.63) is 24.1 Å². The molecule has 1 aromatic rings.